The van der Waals surface area contributed by atoms with Gasteiger partial charge in [-0.15, -0.1) is 0 Å². The lowest BCUT2D eigenvalue weighted by molar-refractivity contribution is 0.306. The van der Waals surface area contributed by atoms with Crippen LogP contribution in [0.2, 0.25) is 0 Å². The highest BCUT2D eigenvalue weighted by Crippen LogP contribution is 2.14. The summed E-state index contributed by atoms with van der Waals surface area (Å²) in [5, 5.41) is 0. The second-order valence-corrected chi connectivity index (χ2v) is 2.56. The number of allylic oxidation sites excluding steroid dienone is 5. The lowest BCUT2D eigenvalue weighted by Crippen LogP contribution is -1.83. The van der Waals surface area contributed by atoms with E-state index in [2.05, 4.69) is 19.1 Å². The first kappa shape index (κ1) is 8.12. The fraction of sp³-hybridized carbons (Fsp3) is 0.400. The first-order chi connectivity index (χ1) is 5.36. The number of hydrogen-bond donors (Lipinski definition) is 0. The van der Waals surface area contributed by atoms with E-state index in [9.17, 15) is 0 Å². The molecule has 0 saturated carbocycles. The third kappa shape index (κ3) is 2.26. The zero-order valence-corrected chi connectivity index (χ0v) is 7.13. The van der Waals surface area contributed by atoms with Crippen molar-refractivity contribution in [3.63, 3.8) is 0 Å². The van der Waals surface area contributed by atoms with E-state index >= 15 is 0 Å². The molecule has 0 unspecified atom stereocenters. The predicted molar refractivity (Wildman–Crippen MR) is 47.2 cm³/mol. The van der Waals surface area contributed by atoms with E-state index in [1.165, 1.54) is 5.57 Å². The van der Waals surface area contributed by atoms with Gasteiger partial charge in [-0.25, -0.2) is 0 Å². The number of methoxy groups -OCH3 is 1. The molecule has 1 aliphatic carbocycles. The number of hydrogen-bond acceptors (Lipinski definition) is 1. The van der Waals surface area contributed by atoms with E-state index in [-0.39, 0.29) is 0 Å². The first-order valence-corrected chi connectivity index (χ1v) is 3.97. The minimum Gasteiger partial charge on any atom is -0.497 e. The van der Waals surface area contributed by atoms with Crippen LogP contribution in [0.15, 0.2) is 35.6 Å². The Balaban J connectivity index is 2.77. The molecule has 1 aliphatic rings. The second-order valence-electron chi connectivity index (χ2n) is 2.56. The van der Waals surface area contributed by atoms with Gasteiger partial charge in [-0.2, -0.15) is 0 Å². The topological polar surface area (TPSA) is 9.23 Å². The molecule has 1 nitrogen and oxygen atoms in total. The summed E-state index contributed by atoms with van der Waals surface area (Å²) < 4.78 is 5.14. The van der Waals surface area contributed by atoms with E-state index in [1.54, 1.807) is 7.11 Å². The van der Waals surface area contributed by atoms with E-state index in [1.807, 2.05) is 12.2 Å². The van der Waals surface area contributed by atoms with Crippen LogP contribution in [0.1, 0.15) is 19.8 Å². The van der Waals surface area contributed by atoms with Crippen molar-refractivity contribution in [1.82, 2.24) is 0 Å². The van der Waals surface area contributed by atoms with Crippen LogP contribution in [-0.2, 0) is 4.74 Å². The Morgan fingerprint density at radius 2 is 2.36 bits per heavy atom. The maximum Gasteiger partial charge on any atom is 0.118 e. The molecule has 1 heteroatoms. The molecule has 0 N–H and O–H groups in total. The third-order valence-corrected chi connectivity index (χ3v) is 1.81. The van der Waals surface area contributed by atoms with Gasteiger partial charge in [-0.1, -0.05) is 24.6 Å². The van der Waals surface area contributed by atoms with Gasteiger partial charge in [0.25, 0.3) is 0 Å². The van der Waals surface area contributed by atoms with Crippen molar-refractivity contribution in [1.29, 1.82) is 0 Å². The van der Waals surface area contributed by atoms with Crippen molar-refractivity contribution in [3.05, 3.63) is 35.6 Å². The van der Waals surface area contributed by atoms with Crippen LogP contribution in [0.5, 0.6) is 0 Å². The average Bonchev–Trinajstić information content (AvgIpc) is 2.28. The summed E-state index contributed by atoms with van der Waals surface area (Å²) in [4.78, 5) is 0. The maximum absolute atomic E-state index is 5.14. The fourth-order valence-electron chi connectivity index (χ4n) is 1.06. The van der Waals surface area contributed by atoms with Crippen LogP contribution < -0.4 is 0 Å². The van der Waals surface area contributed by atoms with Gasteiger partial charge in [-0.3, -0.25) is 0 Å². The molecule has 11 heavy (non-hydrogen) atoms. The summed E-state index contributed by atoms with van der Waals surface area (Å²) >= 11 is 0. The van der Waals surface area contributed by atoms with Gasteiger partial charge in [0.2, 0.25) is 0 Å². The Labute approximate surface area is 68.1 Å². The average molecular weight is 150 g/mol. The zero-order chi connectivity index (χ0) is 8.10. The van der Waals surface area contributed by atoms with Gasteiger partial charge in [0.15, 0.2) is 0 Å². The fourth-order valence-corrected chi connectivity index (χ4v) is 1.06. The largest absolute Gasteiger partial charge is 0.497 e. The van der Waals surface area contributed by atoms with Gasteiger partial charge in [0.1, 0.15) is 5.76 Å². The standard InChI is InChI=1S/C10H14O/c1-3-9-6-4-5-7-10(8-9)11-2/h4-5,7-8H,3,6H2,1-2H3. The minimum atomic E-state index is 0.954. The highest BCUT2D eigenvalue weighted by Gasteiger charge is 1.97. The summed E-state index contributed by atoms with van der Waals surface area (Å²) in [5.74, 6) is 0.954. The lowest BCUT2D eigenvalue weighted by Gasteiger charge is -2.00. The van der Waals surface area contributed by atoms with Gasteiger partial charge < -0.3 is 4.74 Å². The van der Waals surface area contributed by atoms with Crippen molar-refractivity contribution in [2.45, 2.75) is 19.8 Å². The molecule has 0 radical (unpaired) electrons. The highest BCUT2D eigenvalue weighted by molar-refractivity contribution is 5.27. The molecule has 1 rings (SSSR count). The Morgan fingerprint density at radius 3 is 3.00 bits per heavy atom. The first-order valence-electron chi connectivity index (χ1n) is 3.97. The van der Waals surface area contributed by atoms with Crippen molar-refractivity contribution in [3.8, 4) is 0 Å². The van der Waals surface area contributed by atoms with Crippen LogP contribution >= 0.6 is 0 Å². The molecule has 60 valence electrons. The van der Waals surface area contributed by atoms with Crippen LogP contribution in [-0.4, -0.2) is 7.11 Å². The van der Waals surface area contributed by atoms with Crippen molar-refractivity contribution < 1.29 is 4.74 Å². The number of rotatable bonds is 2. The van der Waals surface area contributed by atoms with E-state index in [0.717, 1.165) is 18.6 Å². The quantitative estimate of drug-likeness (QED) is 0.588. The normalized spacial score (nSPS) is 16.9. The van der Waals surface area contributed by atoms with Gasteiger partial charge >= 0.3 is 0 Å². The molecule has 0 amide bonds. The summed E-state index contributed by atoms with van der Waals surface area (Å²) in [6.45, 7) is 2.16. The van der Waals surface area contributed by atoms with Gasteiger partial charge in [-0.05, 0) is 25.0 Å². The van der Waals surface area contributed by atoms with Crippen molar-refractivity contribution in [2.24, 2.45) is 0 Å². The van der Waals surface area contributed by atoms with E-state index < -0.39 is 0 Å². The molecule has 0 aliphatic heterocycles. The molecule has 0 aromatic rings. The smallest absolute Gasteiger partial charge is 0.118 e. The van der Waals surface area contributed by atoms with Crippen LogP contribution in [0.25, 0.3) is 0 Å². The third-order valence-electron chi connectivity index (χ3n) is 1.81. The predicted octanol–water partition coefficient (Wildman–Crippen LogP) is 2.81. The van der Waals surface area contributed by atoms with E-state index in [0.29, 0.717) is 0 Å². The summed E-state index contributed by atoms with van der Waals surface area (Å²) in [7, 11) is 1.70. The van der Waals surface area contributed by atoms with Crippen LogP contribution in [0.4, 0.5) is 0 Å². The highest BCUT2D eigenvalue weighted by atomic mass is 16.5. The summed E-state index contributed by atoms with van der Waals surface area (Å²) in [6, 6.07) is 0. The molecular weight excluding hydrogens is 136 g/mol. The molecule has 0 aromatic heterocycles. The van der Waals surface area contributed by atoms with Crippen LogP contribution in [0, 0.1) is 0 Å². The Kier molecular flexibility index (Phi) is 2.96. The molecule has 0 atom stereocenters. The Hall–Kier alpha value is -0.980. The summed E-state index contributed by atoms with van der Waals surface area (Å²) in [6.07, 6.45) is 10.5. The van der Waals surface area contributed by atoms with Crippen LogP contribution in [0.3, 0.4) is 0 Å². The lowest BCUT2D eigenvalue weighted by atomic mass is 10.1. The van der Waals surface area contributed by atoms with Gasteiger partial charge in [0.05, 0.1) is 7.11 Å². The van der Waals surface area contributed by atoms with E-state index in [4.69, 9.17) is 4.74 Å². The van der Waals surface area contributed by atoms with Gasteiger partial charge in [0, 0.05) is 0 Å². The zero-order valence-electron chi connectivity index (χ0n) is 7.13. The Bertz CT molecular complexity index is 209. The minimum absolute atomic E-state index is 0.954. The number of ether oxygens (including phenoxy) is 1. The SMILES string of the molecule is CCC1=CC(OC)=CC=CC1. The molecule has 0 saturated heterocycles. The monoisotopic (exact) mass is 150 g/mol. The molecule has 0 fully saturated rings. The molecule has 0 heterocycles. The molecule has 0 spiro atoms. The molecular formula is C10H14O. The second kappa shape index (κ2) is 4.02. The molecule has 0 aromatic carbocycles. The molecule has 0 bridgehead atoms. The van der Waals surface area contributed by atoms with Crippen molar-refractivity contribution >= 4 is 0 Å². The summed E-state index contributed by atoms with van der Waals surface area (Å²) in [5.41, 5.74) is 1.42. The van der Waals surface area contributed by atoms with Crippen molar-refractivity contribution in [2.75, 3.05) is 7.11 Å². The Morgan fingerprint density at radius 1 is 1.55 bits per heavy atom. The maximum atomic E-state index is 5.14.